The van der Waals surface area contributed by atoms with Crippen LogP contribution in [0.2, 0.25) is 0 Å². The van der Waals surface area contributed by atoms with E-state index in [9.17, 15) is 4.79 Å². The molecule has 7 heteroatoms. The molecule has 0 saturated carbocycles. The Morgan fingerprint density at radius 1 is 1.17 bits per heavy atom. The van der Waals surface area contributed by atoms with E-state index in [2.05, 4.69) is 38.6 Å². The first-order chi connectivity index (χ1) is 14.4. The van der Waals surface area contributed by atoms with Gasteiger partial charge >= 0.3 is 5.97 Å². The molecule has 0 amide bonds. The fraction of sp³-hybridized carbons (Fsp3) is 0.522. The molecule has 0 radical (unpaired) electrons. The summed E-state index contributed by atoms with van der Waals surface area (Å²) >= 11 is 0. The van der Waals surface area contributed by atoms with Gasteiger partial charge in [-0.25, -0.2) is 14.5 Å². The van der Waals surface area contributed by atoms with Gasteiger partial charge in [0.1, 0.15) is 6.33 Å². The van der Waals surface area contributed by atoms with Crippen molar-refractivity contribution in [1.82, 2.24) is 24.1 Å². The Hall–Kier alpha value is -2.67. The summed E-state index contributed by atoms with van der Waals surface area (Å²) in [5.41, 5.74) is 4.65. The summed E-state index contributed by atoms with van der Waals surface area (Å²) in [4.78, 5) is 19.9. The maximum absolute atomic E-state index is 13.0. The average molecular weight is 410 g/mol. The van der Waals surface area contributed by atoms with Gasteiger partial charge in [-0.3, -0.25) is 4.90 Å². The molecule has 1 aliphatic rings. The summed E-state index contributed by atoms with van der Waals surface area (Å²) < 4.78 is 9.55. The molecule has 7 nitrogen and oxygen atoms in total. The van der Waals surface area contributed by atoms with Crippen LogP contribution in [-0.2, 0) is 11.8 Å². The van der Waals surface area contributed by atoms with Gasteiger partial charge in [-0.05, 0) is 71.3 Å². The van der Waals surface area contributed by atoms with Gasteiger partial charge < -0.3 is 9.14 Å². The van der Waals surface area contributed by atoms with E-state index in [1.807, 2.05) is 33.9 Å². The molecule has 1 unspecified atom stereocenters. The predicted molar refractivity (Wildman–Crippen MR) is 117 cm³/mol. The van der Waals surface area contributed by atoms with Crippen molar-refractivity contribution in [2.24, 2.45) is 7.05 Å². The van der Waals surface area contributed by atoms with Crippen LogP contribution in [0.25, 0.3) is 16.9 Å². The third-order valence-corrected chi connectivity index (χ3v) is 6.10. The van der Waals surface area contributed by atoms with E-state index >= 15 is 0 Å². The zero-order valence-corrected chi connectivity index (χ0v) is 18.6. The molecule has 0 spiro atoms. The minimum atomic E-state index is -0.276. The highest BCUT2D eigenvalue weighted by Gasteiger charge is 2.27. The van der Waals surface area contributed by atoms with Crippen molar-refractivity contribution in [1.29, 1.82) is 0 Å². The summed E-state index contributed by atoms with van der Waals surface area (Å²) in [5.74, 6) is 0.503. The van der Waals surface area contributed by atoms with Crippen molar-refractivity contribution in [2.75, 3.05) is 13.1 Å². The van der Waals surface area contributed by atoms with Gasteiger partial charge in [0.2, 0.25) is 0 Å². The lowest BCUT2D eigenvalue weighted by Gasteiger charge is -2.34. The van der Waals surface area contributed by atoms with Gasteiger partial charge in [0.25, 0.3) is 0 Å². The van der Waals surface area contributed by atoms with E-state index < -0.39 is 0 Å². The molecule has 0 bridgehead atoms. The van der Waals surface area contributed by atoms with Crippen molar-refractivity contribution < 1.29 is 9.53 Å². The smallest absolute Gasteiger partial charge is 0.338 e. The van der Waals surface area contributed by atoms with Gasteiger partial charge in [-0.15, -0.1) is 0 Å². The Morgan fingerprint density at radius 3 is 2.53 bits per heavy atom. The fourth-order valence-corrected chi connectivity index (χ4v) is 4.58. The molecular weight excluding hydrogens is 378 g/mol. The standard InChI is InChI=1S/C23H31N5O2/c1-15(2)30-23(29)19-13-20-18(22-24-14-25-26(22)5)9-12-28(20)21(16(19)3)17(4)27-10-7-6-8-11-27/h9,12-15,17H,6-8,10-11H2,1-5H3. The van der Waals surface area contributed by atoms with Crippen molar-refractivity contribution >= 4 is 11.5 Å². The Morgan fingerprint density at radius 2 is 1.90 bits per heavy atom. The highest BCUT2D eigenvalue weighted by molar-refractivity contribution is 5.94. The number of carbonyl (C=O) groups is 1. The second-order valence-corrected chi connectivity index (χ2v) is 8.49. The normalized spacial score (nSPS) is 16.3. The highest BCUT2D eigenvalue weighted by atomic mass is 16.5. The SMILES string of the molecule is Cc1c(C(=O)OC(C)C)cc2c(-c3ncnn3C)ccn2c1C(C)N1CCCCC1. The summed E-state index contributed by atoms with van der Waals surface area (Å²) in [6.07, 6.45) is 7.20. The molecule has 4 rings (SSSR count). The van der Waals surface area contributed by atoms with Crippen LogP contribution in [0.3, 0.4) is 0 Å². The molecule has 0 aromatic carbocycles. The van der Waals surface area contributed by atoms with E-state index in [-0.39, 0.29) is 18.1 Å². The van der Waals surface area contributed by atoms with Crippen molar-refractivity contribution in [2.45, 2.75) is 59.1 Å². The van der Waals surface area contributed by atoms with Crippen molar-refractivity contribution in [3.05, 3.63) is 41.5 Å². The summed E-state index contributed by atoms with van der Waals surface area (Å²) in [6.45, 7) is 10.2. The second kappa shape index (κ2) is 8.22. The average Bonchev–Trinajstić information content (AvgIpc) is 3.32. The highest BCUT2D eigenvalue weighted by Crippen LogP contribution is 2.34. The Kier molecular flexibility index (Phi) is 5.64. The number of esters is 1. The number of aryl methyl sites for hydroxylation is 1. The predicted octanol–water partition coefficient (Wildman–Crippen LogP) is 4.16. The van der Waals surface area contributed by atoms with Gasteiger partial charge in [0, 0.05) is 30.5 Å². The number of piperidine rings is 1. The monoisotopic (exact) mass is 409 g/mol. The molecule has 1 saturated heterocycles. The van der Waals surface area contributed by atoms with Crippen LogP contribution >= 0.6 is 0 Å². The molecule has 0 N–H and O–H groups in total. The summed E-state index contributed by atoms with van der Waals surface area (Å²) in [6, 6.07) is 4.19. The minimum Gasteiger partial charge on any atom is -0.459 e. The Bertz CT molecular complexity index is 1060. The zero-order chi connectivity index (χ0) is 21.4. The van der Waals surface area contributed by atoms with E-state index in [1.54, 1.807) is 11.0 Å². The van der Waals surface area contributed by atoms with Gasteiger partial charge in [-0.2, -0.15) is 5.10 Å². The van der Waals surface area contributed by atoms with Crippen LogP contribution in [0.4, 0.5) is 0 Å². The first kappa shape index (κ1) is 20.6. The number of ether oxygens (including phenoxy) is 1. The first-order valence-corrected chi connectivity index (χ1v) is 10.8. The van der Waals surface area contributed by atoms with E-state index in [0.29, 0.717) is 5.56 Å². The maximum Gasteiger partial charge on any atom is 0.338 e. The van der Waals surface area contributed by atoms with E-state index in [0.717, 1.165) is 41.3 Å². The van der Waals surface area contributed by atoms with Crippen molar-refractivity contribution in [3.63, 3.8) is 0 Å². The molecule has 30 heavy (non-hydrogen) atoms. The number of aromatic nitrogens is 4. The van der Waals surface area contributed by atoms with Gasteiger partial charge in [0.05, 0.1) is 17.2 Å². The van der Waals surface area contributed by atoms with Crippen LogP contribution < -0.4 is 0 Å². The van der Waals surface area contributed by atoms with Crippen LogP contribution in [-0.4, -0.2) is 49.2 Å². The number of nitrogens with zero attached hydrogens (tertiary/aromatic N) is 5. The van der Waals surface area contributed by atoms with Crippen LogP contribution in [0.15, 0.2) is 24.7 Å². The summed E-state index contributed by atoms with van der Waals surface area (Å²) in [7, 11) is 1.88. The number of pyridine rings is 1. The van der Waals surface area contributed by atoms with Crippen LogP contribution in [0, 0.1) is 6.92 Å². The lowest BCUT2D eigenvalue weighted by molar-refractivity contribution is 0.0376. The van der Waals surface area contributed by atoms with Gasteiger partial charge in [0.15, 0.2) is 5.82 Å². The number of hydrogen-bond donors (Lipinski definition) is 0. The number of fused-ring (bicyclic) bond motifs is 1. The quantitative estimate of drug-likeness (QED) is 0.592. The molecular formula is C23H31N5O2. The number of likely N-dealkylation sites (tertiary alicyclic amines) is 1. The lowest BCUT2D eigenvalue weighted by Crippen LogP contribution is -2.34. The molecule has 3 aromatic rings. The molecule has 3 aromatic heterocycles. The fourth-order valence-electron chi connectivity index (χ4n) is 4.58. The minimum absolute atomic E-state index is 0.166. The second-order valence-electron chi connectivity index (χ2n) is 8.49. The van der Waals surface area contributed by atoms with E-state index in [4.69, 9.17) is 4.74 Å². The van der Waals surface area contributed by atoms with Gasteiger partial charge in [-0.1, -0.05) is 6.42 Å². The molecule has 1 aliphatic heterocycles. The number of carbonyl (C=O) groups excluding carboxylic acids is 1. The first-order valence-electron chi connectivity index (χ1n) is 10.8. The lowest BCUT2D eigenvalue weighted by atomic mass is 9.99. The molecule has 0 aliphatic carbocycles. The summed E-state index contributed by atoms with van der Waals surface area (Å²) in [5, 5.41) is 4.22. The molecule has 4 heterocycles. The third kappa shape index (κ3) is 3.62. The van der Waals surface area contributed by atoms with Crippen LogP contribution in [0.1, 0.15) is 67.7 Å². The Balaban J connectivity index is 1.91. The largest absolute Gasteiger partial charge is 0.459 e. The third-order valence-electron chi connectivity index (χ3n) is 6.10. The number of rotatable bonds is 5. The van der Waals surface area contributed by atoms with E-state index in [1.165, 1.54) is 19.3 Å². The zero-order valence-electron chi connectivity index (χ0n) is 18.6. The topological polar surface area (TPSA) is 64.7 Å². The molecule has 1 fully saturated rings. The number of hydrogen-bond acceptors (Lipinski definition) is 5. The molecule has 160 valence electrons. The Labute approximate surface area is 177 Å². The van der Waals surface area contributed by atoms with Crippen molar-refractivity contribution in [3.8, 4) is 11.4 Å². The van der Waals surface area contributed by atoms with Crippen LogP contribution in [0.5, 0.6) is 0 Å². The maximum atomic E-state index is 13.0. The molecule has 1 atom stereocenters.